The van der Waals surface area contributed by atoms with Crippen molar-refractivity contribution in [3.63, 3.8) is 0 Å². The van der Waals surface area contributed by atoms with Gasteiger partial charge in [-0.2, -0.15) is 0 Å². The van der Waals surface area contributed by atoms with Crippen molar-refractivity contribution >= 4 is 44.4 Å². The summed E-state index contributed by atoms with van der Waals surface area (Å²) in [7, 11) is 0. The van der Waals surface area contributed by atoms with Crippen molar-refractivity contribution in [1.29, 1.82) is 0 Å². The van der Waals surface area contributed by atoms with E-state index in [-0.39, 0.29) is 5.97 Å². The van der Waals surface area contributed by atoms with Crippen molar-refractivity contribution in [2.24, 2.45) is 0 Å². The number of pyridine rings is 3. The lowest BCUT2D eigenvalue weighted by Gasteiger charge is -2.36. The smallest absolute Gasteiger partial charge is 0.339 e. The number of esters is 1. The van der Waals surface area contributed by atoms with Gasteiger partial charge in [0.05, 0.1) is 23.4 Å². The van der Waals surface area contributed by atoms with Crippen LogP contribution in [0.2, 0.25) is 0 Å². The first-order valence-corrected chi connectivity index (χ1v) is 9.98. The van der Waals surface area contributed by atoms with Gasteiger partial charge in [-0.1, -0.05) is 0 Å². The summed E-state index contributed by atoms with van der Waals surface area (Å²) in [6.07, 6.45) is 5.21. The highest BCUT2D eigenvalue weighted by molar-refractivity contribution is 9.10. The molecular weight excluding hydrogens is 422 g/mol. The van der Waals surface area contributed by atoms with E-state index in [1.807, 2.05) is 24.4 Å². The first-order valence-electron chi connectivity index (χ1n) is 9.19. The molecule has 0 atom stereocenters. The third-order valence-electron chi connectivity index (χ3n) is 4.73. The van der Waals surface area contributed by atoms with E-state index in [0.29, 0.717) is 12.2 Å². The minimum atomic E-state index is -0.338. The van der Waals surface area contributed by atoms with E-state index >= 15 is 0 Å². The molecule has 1 fully saturated rings. The Balaban J connectivity index is 1.46. The number of nitrogens with zero attached hydrogens (tertiary/aromatic N) is 5. The summed E-state index contributed by atoms with van der Waals surface area (Å²) in [5, 5.41) is 0. The van der Waals surface area contributed by atoms with Crippen molar-refractivity contribution in [2.45, 2.75) is 6.92 Å². The second-order valence-corrected chi connectivity index (χ2v) is 7.37. The SMILES string of the molecule is CCOC(=O)c1ccc(N2CCN(c3ccnc4cc(Br)cnc34)CC2)nc1. The molecule has 4 heterocycles. The van der Waals surface area contributed by atoms with Gasteiger partial charge in [-0.3, -0.25) is 9.97 Å². The molecule has 0 saturated carbocycles. The van der Waals surface area contributed by atoms with Gasteiger partial charge in [-0.05, 0) is 47.1 Å². The summed E-state index contributed by atoms with van der Waals surface area (Å²) in [5.74, 6) is 0.532. The number of hydrogen-bond acceptors (Lipinski definition) is 7. The molecular formula is C20H20BrN5O2. The van der Waals surface area contributed by atoms with Gasteiger partial charge in [-0.25, -0.2) is 9.78 Å². The molecule has 1 aliphatic rings. The quantitative estimate of drug-likeness (QED) is 0.575. The number of rotatable bonds is 4. The topological polar surface area (TPSA) is 71.5 Å². The maximum atomic E-state index is 11.8. The van der Waals surface area contributed by atoms with Crippen LogP contribution >= 0.6 is 15.9 Å². The third-order valence-corrected chi connectivity index (χ3v) is 5.16. The second kappa shape index (κ2) is 8.10. The Labute approximate surface area is 171 Å². The Morgan fingerprint density at radius 2 is 1.86 bits per heavy atom. The van der Waals surface area contributed by atoms with Crippen LogP contribution in [-0.4, -0.2) is 53.7 Å². The van der Waals surface area contributed by atoms with Gasteiger partial charge < -0.3 is 14.5 Å². The number of halogens is 1. The predicted octanol–water partition coefficient (Wildman–Crippen LogP) is 3.29. The van der Waals surface area contributed by atoms with Crippen molar-refractivity contribution < 1.29 is 9.53 Å². The zero-order chi connectivity index (χ0) is 19.5. The number of piperazine rings is 1. The minimum absolute atomic E-state index is 0.338. The van der Waals surface area contributed by atoms with Gasteiger partial charge in [0.1, 0.15) is 11.3 Å². The van der Waals surface area contributed by atoms with Crippen molar-refractivity contribution in [2.75, 3.05) is 42.6 Å². The van der Waals surface area contributed by atoms with Crippen LogP contribution in [0.1, 0.15) is 17.3 Å². The summed E-state index contributed by atoms with van der Waals surface area (Å²) in [4.78, 5) is 29.7. The molecule has 0 radical (unpaired) electrons. The number of carbonyl (C=O) groups excluding carboxylic acids is 1. The van der Waals surface area contributed by atoms with Gasteiger partial charge in [0.25, 0.3) is 0 Å². The molecule has 3 aromatic heterocycles. The summed E-state index contributed by atoms with van der Waals surface area (Å²) in [6.45, 7) is 5.55. The average Bonchev–Trinajstić information content (AvgIpc) is 2.73. The van der Waals surface area contributed by atoms with Crippen LogP contribution in [0, 0.1) is 0 Å². The van der Waals surface area contributed by atoms with E-state index < -0.39 is 0 Å². The Morgan fingerprint density at radius 1 is 1.07 bits per heavy atom. The van der Waals surface area contributed by atoms with E-state index in [1.165, 1.54) is 0 Å². The molecule has 4 rings (SSSR count). The zero-order valence-electron chi connectivity index (χ0n) is 15.5. The monoisotopic (exact) mass is 441 g/mol. The maximum Gasteiger partial charge on any atom is 0.339 e. The molecule has 3 aromatic rings. The second-order valence-electron chi connectivity index (χ2n) is 6.45. The van der Waals surface area contributed by atoms with E-state index in [0.717, 1.165) is 53.2 Å². The number of fused-ring (bicyclic) bond motifs is 1. The molecule has 0 bridgehead atoms. The minimum Gasteiger partial charge on any atom is -0.462 e. The molecule has 1 aliphatic heterocycles. The Kier molecular flexibility index (Phi) is 5.38. The van der Waals surface area contributed by atoms with E-state index in [2.05, 4.69) is 40.7 Å². The van der Waals surface area contributed by atoms with Crippen LogP contribution in [0.5, 0.6) is 0 Å². The molecule has 1 saturated heterocycles. The summed E-state index contributed by atoms with van der Waals surface area (Å²) in [5.41, 5.74) is 3.37. The predicted molar refractivity (Wildman–Crippen MR) is 112 cm³/mol. The normalized spacial score (nSPS) is 14.4. The molecule has 144 valence electrons. The zero-order valence-corrected chi connectivity index (χ0v) is 17.1. The number of ether oxygens (including phenoxy) is 1. The highest BCUT2D eigenvalue weighted by Gasteiger charge is 2.21. The lowest BCUT2D eigenvalue weighted by molar-refractivity contribution is 0.0526. The fourth-order valence-corrected chi connectivity index (χ4v) is 3.65. The van der Waals surface area contributed by atoms with Gasteiger partial charge in [0.15, 0.2) is 0 Å². The number of carbonyl (C=O) groups is 1. The molecule has 8 heteroatoms. The fourth-order valence-electron chi connectivity index (χ4n) is 3.33. The maximum absolute atomic E-state index is 11.8. The molecule has 28 heavy (non-hydrogen) atoms. The van der Waals surface area contributed by atoms with Gasteiger partial charge in [0, 0.05) is 49.2 Å². The Hall–Kier alpha value is -2.74. The molecule has 0 N–H and O–H groups in total. The van der Waals surface area contributed by atoms with Gasteiger partial charge >= 0.3 is 5.97 Å². The first-order chi connectivity index (χ1) is 13.7. The lowest BCUT2D eigenvalue weighted by atomic mass is 10.2. The molecule has 0 spiro atoms. The van der Waals surface area contributed by atoms with Crippen LogP contribution in [0.15, 0.2) is 47.3 Å². The molecule has 0 aromatic carbocycles. The van der Waals surface area contributed by atoms with Gasteiger partial charge in [0.2, 0.25) is 0 Å². The molecule has 0 aliphatic carbocycles. The Morgan fingerprint density at radius 3 is 2.57 bits per heavy atom. The molecule has 0 amide bonds. The summed E-state index contributed by atoms with van der Waals surface area (Å²) in [6, 6.07) is 7.65. The van der Waals surface area contributed by atoms with Crippen molar-refractivity contribution in [3.8, 4) is 0 Å². The Bertz CT molecular complexity index is 988. The van der Waals surface area contributed by atoms with Crippen LogP contribution in [0.25, 0.3) is 11.0 Å². The van der Waals surface area contributed by atoms with E-state index in [9.17, 15) is 4.79 Å². The van der Waals surface area contributed by atoms with Gasteiger partial charge in [-0.15, -0.1) is 0 Å². The lowest BCUT2D eigenvalue weighted by Crippen LogP contribution is -2.47. The fraction of sp³-hybridized carbons (Fsp3) is 0.300. The summed E-state index contributed by atoms with van der Waals surface area (Å²) < 4.78 is 5.93. The van der Waals surface area contributed by atoms with Crippen LogP contribution < -0.4 is 9.80 Å². The average molecular weight is 442 g/mol. The summed E-state index contributed by atoms with van der Waals surface area (Å²) >= 11 is 3.45. The van der Waals surface area contributed by atoms with Crippen LogP contribution in [0.3, 0.4) is 0 Å². The van der Waals surface area contributed by atoms with Crippen molar-refractivity contribution in [3.05, 3.63) is 52.9 Å². The standard InChI is InChI=1S/C20H20BrN5O2/c1-2-28-20(27)14-3-4-18(23-12-14)26-9-7-25(8-10-26)17-5-6-22-16-11-15(21)13-24-19(16)17/h3-6,11-13H,2,7-10H2,1H3. The van der Waals surface area contributed by atoms with E-state index in [4.69, 9.17) is 4.74 Å². The molecule has 0 unspecified atom stereocenters. The highest BCUT2D eigenvalue weighted by atomic mass is 79.9. The number of anilines is 2. The van der Waals surface area contributed by atoms with E-state index in [1.54, 1.807) is 25.4 Å². The number of hydrogen-bond donors (Lipinski definition) is 0. The third kappa shape index (κ3) is 3.77. The number of aromatic nitrogens is 3. The van der Waals surface area contributed by atoms with Crippen molar-refractivity contribution in [1.82, 2.24) is 15.0 Å². The largest absolute Gasteiger partial charge is 0.462 e. The highest BCUT2D eigenvalue weighted by Crippen LogP contribution is 2.27. The van der Waals surface area contributed by atoms with Crippen LogP contribution in [0.4, 0.5) is 11.5 Å². The van der Waals surface area contributed by atoms with Crippen LogP contribution in [-0.2, 0) is 4.74 Å². The molecule has 7 nitrogen and oxygen atoms in total. The first kappa shape index (κ1) is 18.6.